The molecule has 7 nitrogen and oxygen atoms in total. The molecule has 0 bridgehead atoms. The third-order valence-electron chi connectivity index (χ3n) is 3.87. The predicted octanol–water partition coefficient (Wildman–Crippen LogP) is 3.98. The summed E-state index contributed by atoms with van der Waals surface area (Å²) in [5.74, 6) is 0.808. The normalized spacial score (nSPS) is 11.5. The summed E-state index contributed by atoms with van der Waals surface area (Å²) in [5, 5.41) is 0.715. The highest BCUT2D eigenvalue weighted by molar-refractivity contribution is 7.80. The van der Waals surface area contributed by atoms with E-state index in [9.17, 15) is 13.0 Å². The van der Waals surface area contributed by atoms with Crippen LogP contribution in [0.2, 0.25) is 5.02 Å². The van der Waals surface area contributed by atoms with E-state index in [2.05, 4.69) is 32.7 Å². The van der Waals surface area contributed by atoms with Crippen LogP contribution in [0.1, 0.15) is 19.7 Å². The van der Waals surface area contributed by atoms with Crippen LogP contribution in [-0.4, -0.2) is 26.6 Å². The summed E-state index contributed by atoms with van der Waals surface area (Å²) in [5.41, 5.74) is 2.98. The third-order valence-corrected chi connectivity index (χ3v) is 4.63. The molecule has 0 saturated heterocycles. The Kier molecular flexibility index (Phi) is 8.21. The molecule has 29 heavy (non-hydrogen) atoms. The molecule has 1 aromatic heterocycles. The van der Waals surface area contributed by atoms with Crippen molar-refractivity contribution in [3.63, 3.8) is 0 Å². The average molecular weight is 439 g/mol. The maximum Gasteiger partial charge on any atom is 0.375 e. The van der Waals surface area contributed by atoms with Gasteiger partial charge in [-0.2, -0.15) is 4.57 Å². The standard InChI is InChI=1S/C18H18ClN2O.C2H6O4S/c1-3-21-16-13-14(19)9-10-17(16)22-18(21)11-12-20(2)15-7-5-4-6-8-15;1-2-6-7(3,4)5/h4-13H,3H2,1-2H3;2H2,1H3,(H,3,4,5)/q+1;/p-1. The summed E-state index contributed by atoms with van der Waals surface area (Å²) in [6.45, 7) is 4.25. The molecule has 3 rings (SSSR count). The average Bonchev–Trinajstić information content (AvgIpc) is 3.03. The second-order valence-electron chi connectivity index (χ2n) is 5.87. The molecule has 1 heterocycles. The van der Waals surface area contributed by atoms with Crippen molar-refractivity contribution in [3.8, 4) is 0 Å². The molecule has 0 aliphatic heterocycles. The SMILES string of the molecule is CCOS(=O)(=O)[O-].CC[n+]1c(/C=C/N(C)c2ccccc2)oc2ccc(Cl)cc21. The summed E-state index contributed by atoms with van der Waals surface area (Å²) in [4.78, 5) is 2.06. The maximum atomic E-state index is 9.45. The predicted molar refractivity (Wildman–Crippen MR) is 112 cm³/mol. The molecular weight excluding hydrogens is 416 g/mol. The largest absolute Gasteiger partial charge is 0.726 e. The number of aryl methyl sites for hydroxylation is 1. The van der Waals surface area contributed by atoms with E-state index in [4.69, 9.17) is 16.0 Å². The first kappa shape index (κ1) is 22.9. The lowest BCUT2D eigenvalue weighted by Gasteiger charge is -2.12. The van der Waals surface area contributed by atoms with Crippen molar-refractivity contribution in [2.75, 3.05) is 18.6 Å². The van der Waals surface area contributed by atoms with Crippen LogP contribution in [-0.2, 0) is 21.1 Å². The minimum absolute atomic E-state index is 0.0914. The minimum atomic E-state index is -4.42. The van der Waals surface area contributed by atoms with E-state index in [1.165, 1.54) is 6.92 Å². The molecule has 0 spiro atoms. The van der Waals surface area contributed by atoms with Crippen molar-refractivity contribution in [3.05, 3.63) is 65.6 Å². The van der Waals surface area contributed by atoms with Crippen molar-refractivity contribution >= 4 is 44.9 Å². The van der Waals surface area contributed by atoms with Crippen molar-refractivity contribution in [2.24, 2.45) is 0 Å². The zero-order valence-electron chi connectivity index (χ0n) is 16.4. The van der Waals surface area contributed by atoms with Gasteiger partial charge in [-0.3, -0.25) is 4.18 Å². The first-order valence-electron chi connectivity index (χ1n) is 8.93. The van der Waals surface area contributed by atoms with Gasteiger partial charge in [-0.05, 0) is 38.1 Å². The molecular formula is C20H23ClN2O5S. The summed E-state index contributed by atoms with van der Waals surface area (Å²) in [6.07, 6.45) is 3.98. The van der Waals surface area contributed by atoms with Crippen LogP contribution in [0, 0.1) is 0 Å². The lowest BCUT2D eigenvalue weighted by atomic mass is 10.3. The smallest absolute Gasteiger partial charge is 0.375 e. The second kappa shape index (κ2) is 10.4. The fourth-order valence-corrected chi connectivity index (χ4v) is 3.05. The van der Waals surface area contributed by atoms with E-state index < -0.39 is 10.4 Å². The fraction of sp³-hybridized carbons (Fsp3) is 0.250. The number of rotatable bonds is 6. The molecule has 0 radical (unpaired) electrons. The van der Waals surface area contributed by atoms with Crippen molar-refractivity contribution in [1.29, 1.82) is 0 Å². The molecule has 3 aromatic rings. The maximum absolute atomic E-state index is 9.45. The van der Waals surface area contributed by atoms with Crippen LogP contribution < -0.4 is 9.47 Å². The first-order valence-corrected chi connectivity index (χ1v) is 10.6. The molecule has 0 unspecified atom stereocenters. The first-order chi connectivity index (χ1) is 13.7. The number of hydrogen-bond donors (Lipinski definition) is 0. The zero-order chi connectivity index (χ0) is 21.4. The van der Waals surface area contributed by atoms with Crippen molar-refractivity contribution in [1.82, 2.24) is 0 Å². The molecule has 0 atom stereocenters. The Morgan fingerprint density at radius 1 is 1.21 bits per heavy atom. The highest BCUT2D eigenvalue weighted by atomic mass is 35.5. The molecule has 0 amide bonds. The summed E-state index contributed by atoms with van der Waals surface area (Å²) in [7, 11) is -2.41. The second-order valence-corrected chi connectivity index (χ2v) is 7.36. The third kappa shape index (κ3) is 6.86. The Morgan fingerprint density at radius 3 is 2.45 bits per heavy atom. The molecule has 0 fully saturated rings. The quantitative estimate of drug-likeness (QED) is 0.328. The van der Waals surface area contributed by atoms with Crippen LogP contribution >= 0.6 is 11.6 Å². The lowest BCUT2D eigenvalue weighted by molar-refractivity contribution is -0.674. The monoisotopic (exact) mass is 438 g/mol. The van der Waals surface area contributed by atoms with Gasteiger partial charge in [-0.1, -0.05) is 29.8 Å². The Hall–Kier alpha value is -2.39. The number of para-hydroxylation sites is 1. The van der Waals surface area contributed by atoms with E-state index >= 15 is 0 Å². The topological polar surface area (TPSA) is 86.7 Å². The highest BCUT2D eigenvalue weighted by Gasteiger charge is 2.19. The molecule has 0 aliphatic carbocycles. The lowest BCUT2D eigenvalue weighted by Crippen LogP contribution is -2.33. The minimum Gasteiger partial charge on any atom is -0.726 e. The fourth-order valence-electron chi connectivity index (χ4n) is 2.59. The van der Waals surface area contributed by atoms with Crippen LogP contribution in [0.5, 0.6) is 0 Å². The van der Waals surface area contributed by atoms with E-state index in [1.807, 2.05) is 55.7 Å². The molecule has 9 heteroatoms. The summed E-state index contributed by atoms with van der Waals surface area (Å²) in [6, 6.07) is 15.9. The Labute approximate surface area is 175 Å². The zero-order valence-corrected chi connectivity index (χ0v) is 18.0. The van der Waals surface area contributed by atoms with Gasteiger partial charge in [0.05, 0.1) is 12.7 Å². The molecule has 0 saturated carbocycles. The van der Waals surface area contributed by atoms with Gasteiger partial charge in [0.15, 0.2) is 0 Å². The van der Waals surface area contributed by atoms with Crippen LogP contribution in [0.15, 0.2) is 59.1 Å². The van der Waals surface area contributed by atoms with Crippen molar-refractivity contribution < 1.29 is 26.1 Å². The van der Waals surface area contributed by atoms with Crippen LogP contribution in [0.4, 0.5) is 5.69 Å². The van der Waals surface area contributed by atoms with Gasteiger partial charge < -0.3 is 13.9 Å². The molecule has 0 aliphatic rings. The number of aromatic nitrogens is 1. The number of hydrogen-bond acceptors (Lipinski definition) is 6. The van der Waals surface area contributed by atoms with Gasteiger partial charge in [-0.15, -0.1) is 0 Å². The molecule has 156 valence electrons. The van der Waals surface area contributed by atoms with Gasteiger partial charge in [0.25, 0.3) is 5.52 Å². The number of oxazole rings is 1. The van der Waals surface area contributed by atoms with Gasteiger partial charge in [-0.25, -0.2) is 8.42 Å². The summed E-state index contributed by atoms with van der Waals surface area (Å²) < 4.78 is 40.0. The van der Waals surface area contributed by atoms with Crippen LogP contribution in [0.3, 0.4) is 0 Å². The highest BCUT2D eigenvalue weighted by Crippen LogP contribution is 2.20. The van der Waals surface area contributed by atoms with E-state index in [0.717, 1.165) is 29.2 Å². The molecule has 0 N–H and O–H groups in total. The Morgan fingerprint density at radius 2 is 1.90 bits per heavy atom. The Bertz CT molecular complexity index is 1070. The molecule has 2 aromatic carbocycles. The van der Waals surface area contributed by atoms with Gasteiger partial charge >= 0.3 is 5.89 Å². The van der Waals surface area contributed by atoms with Crippen molar-refractivity contribution in [2.45, 2.75) is 20.4 Å². The van der Waals surface area contributed by atoms with E-state index in [-0.39, 0.29) is 6.61 Å². The van der Waals surface area contributed by atoms with Gasteiger partial charge in [0.1, 0.15) is 6.54 Å². The number of nitrogens with zero attached hydrogens (tertiary/aromatic N) is 2. The number of benzene rings is 2. The number of fused-ring (bicyclic) bond motifs is 1. The van der Waals surface area contributed by atoms with Gasteiger partial charge in [0, 0.05) is 30.0 Å². The Balaban J connectivity index is 0.000000370. The number of anilines is 1. The number of halogens is 1. The van der Waals surface area contributed by atoms with Gasteiger partial charge in [0.2, 0.25) is 16.0 Å². The van der Waals surface area contributed by atoms with E-state index in [1.54, 1.807) is 0 Å². The summed E-state index contributed by atoms with van der Waals surface area (Å²) >= 11 is 6.08. The van der Waals surface area contributed by atoms with Crippen LogP contribution in [0.25, 0.3) is 17.2 Å². The van der Waals surface area contributed by atoms with E-state index in [0.29, 0.717) is 5.02 Å².